The van der Waals surface area contributed by atoms with Crippen molar-refractivity contribution in [2.24, 2.45) is 5.92 Å². The Kier molecular flexibility index (Phi) is 3.70. The highest BCUT2D eigenvalue weighted by atomic mass is 16.6. The highest BCUT2D eigenvalue weighted by Crippen LogP contribution is 2.35. The molecule has 0 spiro atoms. The van der Waals surface area contributed by atoms with Gasteiger partial charge in [0, 0.05) is 20.0 Å². The van der Waals surface area contributed by atoms with Gasteiger partial charge >= 0.3 is 5.97 Å². The molecule has 1 aliphatic heterocycles. The number of esters is 1. The molecular weight excluding hydrogens is 242 g/mol. The first-order chi connectivity index (χ1) is 8.76. The minimum atomic E-state index is -0.424. The number of ether oxygens (including phenoxy) is 1. The molecule has 0 bridgehead atoms. The molecule has 2 aliphatic rings. The summed E-state index contributed by atoms with van der Waals surface area (Å²) in [6, 6.07) is 0. The number of carbonyl (C=O) groups is 2. The number of rotatable bonds is 1. The third-order valence-corrected chi connectivity index (χ3v) is 3.74. The Morgan fingerprint density at radius 3 is 2.42 bits per heavy atom. The zero-order chi connectivity index (χ0) is 14.2. The largest absolute Gasteiger partial charge is 0.460 e. The van der Waals surface area contributed by atoms with Crippen LogP contribution in [0.3, 0.4) is 0 Å². The van der Waals surface area contributed by atoms with E-state index in [9.17, 15) is 9.59 Å². The third-order valence-electron chi connectivity index (χ3n) is 3.74. The summed E-state index contributed by atoms with van der Waals surface area (Å²) in [6.07, 6.45) is 2.52. The molecule has 0 saturated heterocycles. The third kappa shape index (κ3) is 3.37. The van der Waals surface area contributed by atoms with Crippen LogP contribution >= 0.6 is 0 Å². The Balaban J connectivity index is 1.97. The van der Waals surface area contributed by atoms with Gasteiger partial charge < -0.3 is 9.64 Å². The molecule has 1 aliphatic carbocycles. The molecule has 2 rings (SSSR count). The van der Waals surface area contributed by atoms with Gasteiger partial charge in [0.25, 0.3) is 0 Å². The maximum atomic E-state index is 12.1. The summed E-state index contributed by atoms with van der Waals surface area (Å²) in [6.45, 7) is 8.74. The zero-order valence-corrected chi connectivity index (χ0v) is 12.3. The lowest BCUT2D eigenvalue weighted by molar-refractivity contribution is -0.160. The van der Waals surface area contributed by atoms with E-state index >= 15 is 0 Å². The molecule has 1 heterocycles. The van der Waals surface area contributed by atoms with E-state index < -0.39 is 5.60 Å². The summed E-state index contributed by atoms with van der Waals surface area (Å²) in [5.74, 6) is -0.0200. The summed E-state index contributed by atoms with van der Waals surface area (Å²) in [5.41, 5.74) is 2.21. The van der Waals surface area contributed by atoms with Crippen LogP contribution in [-0.2, 0) is 14.3 Å². The van der Waals surface area contributed by atoms with Gasteiger partial charge in [-0.15, -0.1) is 0 Å². The fourth-order valence-corrected chi connectivity index (χ4v) is 2.76. The first kappa shape index (κ1) is 14.1. The monoisotopic (exact) mass is 265 g/mol. The summed E-state index contributed by atoms with van der Waals surface area (Å²) in [5, 5.41) is 0. The van der Waals surface area contributed by atoms with Gasteiger partial charge in [-0.25, -0.2) is 0 Å². The van der Waals surface area contributed by atoms with E-state index in [1.807, 2.05) is 25.7 Å². The van der Waals surface area contributed by atoms with Crippen LogP contribution in [0.25, 0.3) is 0 Å². The van der Waals surface area contributed by atoms with Crippen LogP contribution in [0.2, 0.25) is 0 Å². The predicted molar refractivity (Wildman–Crippen MR) is 72.5 cm³/mol. The minimum Gasteiger partial charge on any atom is -0.460 e. The van der Waals surface area contributed by atoms with Gasteiger partial charge in [-0.1, -0.05) is 0 Å². The average Bonchev–Trinajstić information content (AvgIpc) is 2.69. The van der Waals surface area contributed by atoms with E-state index in [0.29, 0.717) is 6.54 Å². The molecule has 19 heavy (non-hydrogen) atoms. The SMILES string of the molecule is CC(=O)N1CC2=C(C[C@H](C(=O)OC(C)(C)C)CC2)C1. The molecule has 0 aromatic rings. The van der Waals surface area contributed by atoms with Gasteiger partial charge in [0.05, 0.1) is 5.92 Å². The highest BCUT2D eigenvalue weighted by Gasteiger charge is 2.34. The van der Waals surface area contributed by atoms with Crippen molar-refractivity contribution >= 4 is 11.9 Å². The molecule has 1 atom stereocenters. The second kappa shape index (κ2) is 4.99. The Morgan fingerprint density at radius 2 is 1.84 bits per heavy atom. The van der Waals surface area contributed by atoms with Crippen LogP contribution in [0, 0.1) is 5.92 Å². The molecular formula is C15H23NO3. The fraction of sp³-hybridized carbons (Fsp3) is 0.733. The van der Waals surface area contributed by atoms with Crippen molar-refractivity contribution in [2.45, 2.75) is 52.6 Å². The topological polar surface area (TPSA) is 46.6 Å². The van der Waals surface area contributed by atoms with E-state index in [4.69, 9.17) is 4.74 Å². The standard InChI is InChI=1S/C15H23NO3/c1-10(17)16-8-12-6-5-11(7-13(12)9-16)14(18)19-15(2,3)4/h11H,5-9H2,1-4H3/t11-/m1/s1. The number of carbonyl (C=O) groups excluding carboxylic acids is 2. The van der Waals surface area contributed by atoms with Crippen molar-refractivity contribution in [3.05, 3.63) is 11.1 Å². The van der Waals surface area contributed by atoms with E-state index in [1.54, 1.807) is 6.92 Å². The van der Waals surface area contributed by atoms with E-state index in [1.165, 1.54) is 11.1 Å². The Hall–Kier alpha value is -1.32. The maximum Gasteiger partial charge on any atom is 0.309 e. The normalized spacial score (nSPS) is 23.4. The Bertz CT molecular complexity index is 431. The summed E-state index contributed by atoms with van der Waals surface area (Å²) < 4.78 is 5.46. The van der Waals surface area contributed by atoms with Crippen molar-refractivity contribution < 1.29 is 14.3 Å². The number of nitrogens with zero attached hydrogens (tertiary/aromatic N) is 1. The van der Waals surface area contributed by atoms with Gasteiger partial charge in [-0.3, -0.25) is 9.59 Å². The number of amides is 1. The number of hydrogen-bond donors (Lipinski definition) is 0. The molecule has 106 valence electrons. The summed E-state index contributed by atoms with van der Waals surface area (Å²) in [4.78, 5) is 25.3. The molecule has 4 heteroatoms. The molecule has 0 aromatic carbocycles. The number of hydrogen-bond acceptors (Lipinski definition) is 3. The molecule has 0 fully saturated rings. The predicted octanol–water partition coefficient (Wildman–Crippen LogP) is 2.29. The highest BCUT2D eigenvalue weighted by molar-refractivity contribution is 5.76. The molecule has 0 radical (unpaired) electrons. The van der Waals surface area contributed by atoms with Crippen molar-refractivity contribution in [1.29, 1.82) is 0 Å². The van der Waals surface area contributed by atoms with Gasteiger partial charge in [0.2, 0.25) is 5.91 Å². The molecule has 0 unspecified atom stereocenters. The van der Waals surface area contributed by atoms with E-state index in [-0.39, 0.29) is 17.8 Å². The first-order valence-corrected chi connectivity index (χ1v) is 6.94. The quantitative estimate of drug-likeness (QED) is 0.540. The van der Waals surface area contributed by atoms with Crippen molar-refractivity contribution in [3.8, 4) is 0 Å². The lowest BCUT2D eigenvalue weighted by Crippen LogP contribution is -2.30. The van der Waals surface area contributed by atoms with Crippen molar-refractivity contribution in [2.75, 3.05) is 13.1 Å². The second-order valence-corrected chi connectivity index (χ2v) is 6.56. The molecule has 0 saturated carbocycles. The van der Waals surface area contributed by atoms with Gasteiger partial charge in [-0.05, 0) is 51.2 Å². The maximum absolute atomic E-state index is 12.1. The van der Waals surface area contributed by atoms with Crippen LogP contribution in [0.1, 0.15) is 47.0 Å². The average molecular weight is 265 g/mol. The van der Waals surface area contributed by atoms with Crippen LogP contribution in [0.5, 0.6) is 0 Å². The molecule has 0 N–H and O–H groups in total. The van der Waals surface area contributed by atoms with Gasteiger partial charge in [0.15, 0.2) is 0 Å². The molecule has 1 amide bonds. The zero-order valence-electron chi connectivity index (χ0n) is 12.3. The molecule has 4 nitrogen and oxygen atoms in total. The van der Waals surface area contributed by atoms with Gasteiger partial charge in [-0.2, -0.15) is 0 Å². The first-order valence-electron chi connectivity index (χ1n) is 6.94. The smallest absolute Gasteiger partial charge is 0.309 e. The van der Waals surface area contributed by atoms with Crippen molar-refractivity contribution in [3.63, 3.8) is 0 Å². The lowest BCUT2D eigenvalue weighted by Gasteiger charge is -2.26. The second-order valence-electron chi connectivity index (χ2n) is 6.56. The van der Waals surface area contributed by atoms with Crippen molar-refractivity contribution in [1.82, 2.24) is 4.90 Å². The van der Waals surface area contributed by atoms with E-state index in [0.717, 1.165) is 25.8 Å². The van der Waals surface area contributed by atoms with E-state index in [2.05, 4.69) is 0 Å². The Morgan fingerprint density at radius 1 is 1.21 bits per heavy atom. The van der Waals surface area contributed by atoms with Crippen LogP contribution in [-0.4, -0.2) is 35.5 Å². The summed E-state index contributed by atoms with van der Waals surface area (Å²) in [7, 11) is 0. The minimum absolute atomic E-state index is 0.0371. The summed E-state index contributed by atoms with van der Waals surface area (Å²) >= 11 is 0. The van der Waals surface area contributed by atoms with Crippen LogP contribution in [0.4, 0.5) is 0 Å². The molecule has 0 aromatic heterocycles. The van der Waals surface area contributed by atoms with Crippen LogP contribution < -0.4 is 0 Å². The van der Waals surface area contributed by atoms with Crippen LogP contribution in [0.15, 0.2) is 11.1 Å². The lowest BCUT2D eigenvalue weighted by atomic mass is 9.85. The van der Waals surface area contributed by atoms with Gasteiger partial charge in [0.1, 0.15) is 5.60 Å². The Labute approximate surface area is 114 Å². The fourth-order valence-electron chi connectivity index (χ4n) is 2.76.